The van der Waals surface area contributed by atoms with Gasteiger partial charge in [0, 0.05) is 23.1 Å². The molecule has 2 heterocycles. The lowest BCUT2D eigenvalue weighted by atomic mass is 9.74. The van der Waals surface area contributed by atoms with E-state index < -0.39 is 62.0 Å². The first-order valence-corrected chi connectivity index (χ1v) is 16.4. The number of rotatable bonds is 4. The molecular formula is C32H38F7NO5S. The fourth-order valence-corrected chi connectivity index (χ4v) is 8.97. The van der Waals surface area contributed by atoms with Crippen LogP contribution >= 0.6 is 0 Å². The Balaban J connectivity index is 0.00000109. The highest BCUT2D eigenvalue weighted by molar-refractivity contribution is 7.92. The highest BCUT2D eigenvalue weighted by atomic mass is 32.2. The van der Waals surface area contributed by atoms with Crippen molar-refractivity contribution in [3.05, 3.63) is 72.5 Å². The zero-order chi connectivity index (χ0) is 34.8. The summed E-state index contributed by atoms with van der Waals surface area (Å²) in [6.45, 7) is 8.20. The summed E-state index contributed by atoms with van der Waals surface area (Å²) in [4.78, 5) is 15.2. The van der Waals surface area contributed by atoms with E-state index >= 15 is 0 Å². The Morgan fingerprint density at radius 3 is 2.02 bits per heavy atom. The van der Waals surface area contributed by atoms with Gasteiger partial charge in [0.1, 0.15) is 17.1 Å². The van der Waals surface area contributed by atoms with Crippen molar-refractivity contribution in [2.45, 2.75) is 93.0 Å². The van der Waals surface area contributed by atoms with Crippen LogP contribution in [0.4, 0.5) is 30.7 Å². The largest absolute Gasteiger partial charge is 0.516 e. The van der Waals surface area contributed by atoms with Gasteiger partial charge in [0.05, 0.1) is 17.2 Å². The molecule has 5 rings (SSSR count). The fraction of sp³-hybridized carbons (Fsp3) is 0.531. The van der Waals surface area contributed by atoms with Gasteiger partial charge in [-0.3, -0.25) is 4.79 Å². The fourth-order valence-electron chi connectivity index (χ4n) is 6.67. The molecular weight excluding hydrogens is 643 g/mol. The third-order valence-electron chi connectivity index (χ3n) is 8.92. The first-order valence-electron chi connectivity index (χ1n) is 14.9. The number of amides is 1. The van der Waals surface area contributed by atoms with Gasteiger partial charge < -0.3 is 14.7 Å². The van der Waals surface area contributed by atoms with E-state index in [1.807, 2.05) is 20.8 Å². The molecule has 0 spiro atoms. The third kappa shape index (κ3) is 5.97. The average Bonchev–Trinajstić information content (AvgIpc) is 3.42. The summed E-state index contributed by atoms with van der Waals surface area (Å²) in [7, 11) is -4.41. The summed E-state index contributed by atoms with van der Waals surface area (Å²) >= 11 is 0. The van der Waals surface area contributed by atoms with E-state index in [-0.39, 0.29) is 35.4 Å². The molecule has 3 aliphatic rings. The Kier molecular flexibility index (Phi) is 10.9. The predicted octanol–water partition coefficient (Wildman–Crippen LogP) is 8.32. The number of benzene rings is 2. The zero-order valence-electron chi connectivity index (χ0n) is 25.7. The molecule has 1 aliphatic carbocycles. The van der Waals surface area contributed by atoms with Gasteiger partial charge >= 0.3 is 18.0 Å². The molecule has 14 heteroatoms. The van der Waals surface area contributed by atoms with Crippen LogP contribution in [0.5, 0.6) is 5.75 Å². The normalized spacial score (nSPS) is 22.5. The average molecular weight is 682 g/mol. The van der Waals surface area contributed by atoms with Crippen LogP contribution in [0.2, 0.25) is 0 Å². The lowest BCUT2D eigenvalue weighted by Gasteiger charge is -2.44. The van der Waals surface area contributed by atoms with Crippen molar-refractivity contribution in [2.24, 2.45) is 5.41 Å². The maximum atomic E-state index is 14.9. The van der Waals surface area contributed by atoms with Crippen LogP contribution < -0.4 is 4.74 Å². The van der Waals surface area contributed by atoms with Crippen molar-refractivity contribution in [1.29, 1.82) is 0 Å². The van der Waals surface area contributed by atoms with Crippen LogP contribution in [0.15, 0.2) is 66.3 Å². The van der Waals surface area contributed by atoms with Crippen molar-refractivity contribution >= 4 is 15.7 Å². The molecule has 46 heavy (non-hydrogen) atoms. The standard InChI is InChI=1S/C28H28F7NO4S.C2H4O.C2H6/c1-24(12-6-3-7-13-24)23(37)36-15-14-25(41(38,39)19-8-4-2-5-9-19)20-11-10-18(16-21(20)40-17-22(25)36)26(29,27(30,31)32)28(33,34)35;1-2-3;1-2/h2,4-5,8-11,16,22H,3,6-7,12-15,17H2,1H3;2-3H,1H2;1-2H3. The number of aliphatic hydroxyl groups is 1. The Morgan fingerprint density at radius 1 is 0.957 bits per heavy atom. The number of sulfone groups is 1. The lowest BCUT2D eigenvalue weighted by Crippen LogP contribution is -2.57. The summed E-state index contributed by atoms with van der Waals surface area (Å²) in [6, 6.07) is 7.44. The van der Waals surface area contributed by atoms with Crippen LogP contribution in [0.1, 0.15) is 70.4 Å². The first-order chi connectivity index (χ1) is 21.4. The van der Waals surface area contributed by atoms with Crippen LogP contribution in [-0.4, -0.2) is 55.9 Å². The number of hydrogen-bond acceptors (Lipinski definition) is 5. The van der Waals surface area contributed by atoms with Crippen molar-refractivity contribution in [2.75, 3.05) is 13.2 Å². The molecule has 2 aromatic rings. The zero-order valence-corrected chi connectivity index (χ0v) is 26.5. The molecule has 6 nitrogen and oxygen atoms in total. The minimum absolute atomic E-state index is 0.0200. The molecule has 1 N–H and O–H groups in total. The van der Waals surface area contributed by atoms with E-state index in [1.54, 1.807) is 6.07 Å². The molecule has 0 aromatic heterocycles. The van der Waals surface area contributed by atoms with Crippen LogP contribution in [0.3, 0.4) is 0 Å². The van der Waals surface area contributed by atoms with E-state index in [2.05, 4.69) is 6.58 Å². The summed E-state index contributed by atoms with van der Waals surface area (Å²) in [6.07, 6.45) is -8.33. The van der Waals surface area contributed by atoms with Gasteiger partial charge in [-0.2, -0.15) is 26.3 Å². The maximum Gasteiger partial charge on any atom is 0.435 e. The Labute approximate surface area is 264 Å². The summed E-state index contributed by atoms with van der Waals surface area (Å²) in [5.41, 5.74) is -8.45. The summed E-state index contributed by atoms with van der Waals surface area (Å²) < 4.78 is 128. The molecule has 1 saturated carbocycles. The number of aliphatic hydroxyl groups excluding tert-OH is 1. The molecule has 256 valence electrons. The Bertz CT molecular complexity index is 1470. The molecule has 1 amide bonds. The molecule has 2 aliphatic heterocycles. The molecule has 2 unspecified atom stereocenters. The Hall–Kier alpha value is -3.29. The smallest absolute Gasteiger partial charge is 0.435 e. The van der Waals surface area contributed by atoms with Crippen LogP contribution in [-0.2, 0) is 25.0 Å². The van der Waals surface area contributed by atoms with Gasteiger partial charge in [-0.15, -0.1) is 0 Å². The van der Waals surface area contributed by atoms with Gasteiger partial charge in [0.15, 0.2) is 9.84 Å². The minimum atomic E-state index is -6.35. The predicted molar refractivity (Wildman–Crippen MR) is 158 cm³/mol. The van der Waals surface area contributed by atoms with Gasteiger partial charge in [-0.25, -0.2) is 12.8 Å². The molecule has 2 aromatic carbocycles. The molecule has 1 saturated heterocycles. The van der Waals surface area contributed by atoms with Crippen molar-refractivity contribution in [3.8, 4) is 5.75 Å². The quantitative estimate of drug-likeness (QED) is 0.259. The number of carbonyl (C=O) groups is 1. The SMILES string of the molecule is C=CO.CC.CC1(C(=O)N2CCC3(S(=O)(=O)c4ccccc4)c4ccc(C(F)(C(F)(F)F)C(F)(F)F)cc4OCC23)CCCCC1. The second-order valence-electron chi connectivity index (χ2n) is 11.5. The van der Waals surface area contributed by atoms with Crippen molar-refractivity contribution in [1.82, 2.24) is 4.90 Å². The molecule has 2 atom stereocenters. The van der Waals surface area contributed by atoms with E-state index in [9.17, 15) is 43.9 Å². The molecule has 0 bridgehead atoms. The number of carbonyl (C=O) groups excluding carboxylic acids is 1. The number of fused-ring (bicyclic) bond motifs is 3. The topological polar surface area (TPSA) is 83.9 Å². The van der Waals surface area contributed by atoms with Gasteiger partial charge in [0.25, 0.3) is 0 Å². The third-order valence-corrected chi connectivity index (χ3v) is 11.5. The van der Waals surface area contributed by atoms with Crippen LogP contribution in [0, 0.1) is 5.41 Å². The second kappa shape index (κ2) is 13.4. The van der Waals surface area contributed by atoms with E-state index in [0.717, 1.165) is 31.6 Å². The number of likely N-dealkylation sites (tertiary alicyclic amines) is 1. The van der Waals surface area contributed by atoms with Crippen molar-refractivity contribution in [3.63, 3.8) is 0 Å². The highest BCUT2D eigenvalue weighted by Gasteiger charge is 2.74. The Morgan fingerprint density at radius 2 is 1.50 bits per heavy atom. The lowest BCUT2D eigenvalue weighted by molar-refractivity contribution is -0.348. The summed E-state index contributed by atoms with van der Waals surface area (Å²) in [5.74, 6) is -0.875. The number of alkyl halides is 7. The number of halogens is 7. The number of hydrogen-bond donors (Lipinski definition) is 1. The van der Waals surface area contributed by atoms with E-state index in [1.165, 1.54) is 29.2 Å². The van der Waals surface area contributed by atoms with E-state index in [0.29, 0.717) is 18.9 Å². The number of nitrogens with zero attached hydrogens (tertiary/aromatic N) is 1. The molecule has 2 fully saturated rings. The minimum Gasteiger partial charge on any atom is -0.516 e. The summed E-state index contributed by atoms with van der Waals surface area (Å²) in [5, 5.41) is 7.33. The van der Waals surface area contributed by atoms with Gasteiger partial charge in [0.2, 0.25) is 5.91 Å². The van der Waals surface area contributed by atoms with E-state index in [4.69, 9.17) is 9.84 Å². The van der Waals surface area contributed by atoms with Gasteiger partial charge in [-0.1, -0.05) is 76.9 Å². The monoisotopic (exact) mass is 681 g/mol. The molecule has 0 radical (unpaired) electrons. The maximum absolute atomic E-state index is 14.9. The van der Waals surface area contributed by atoms with Crippen LogP contribution in [0.25, 0.3) is 0 Å². The van der Waals surface area contributed by atoms with Gasteiger partial charge in [-0.05, 0) is 37.5 Å². The first kappa shape index (κ1) is 37.2. The second-order valence-corrected chi connectivity index (χ2v) is 13.7. The highest BCUT2D eigenvalue weighted by Crippen LogP contribution is 2.57. The number of ether oxygens (including phenoxy) is 1. The van der Waals surface area contributed by atoms with Crippen molar-refractivity contribution < 1.29 is 53.8 Å².